The van der Waals surface area contributed by atoms with Crippen LogP contribution in [0.5, 0.6) is 0 Å². The summed E-state index contributed by atoms with van der Waals surface area (Å²) in [6.45, 7) is 4.74. The van der Waals surface area contributed by atoms with Gasteiger partial charge < -0.3 is 4.74 Å². The number of rotatable bonds is 8. The normalized spacial score (nSPS) is 10.3. The summed E-state index contributed by atoms with van der Waals surface area (Å²) < 4.78 is 5.10. The third kappa shape index (κ3) is 6.70. The molecule has 0 spiro atoms. The van der Waals surface area contributed by atoms with E-state index in [0.29, 0.717) is 13.0 Å². The van der Waals surface area contributed by atoms with Gasteiger partial charge in [0.2, 0.25) is 0 Å². The average Bonchev–Trinajstić information content (AvgIpc) is 2.37. The summed E-state index contributed by atoms with van der Waals surface area (Å²) in [5, 5.41) is 0. The van der Waals surface area contributed by atoms with E-state index in [0.717, 1.165) is 24.3 Å². The molecule has 1 rings (SSSR count). The first kappa shape index (κ1) is 15.1. The Morgan fingerprint density at radius 2 is 2.00 bits per heavy atom. The van der Waals surface area contributed by atoms with Crippen molar-refractivity contribution in [2.24, 2.45) is 0 Å². The Balaban J connectivity index is 2.07. The first-order valence-electron chi connectivity index (χ1n) is 6.51. The maximum atomic E-state index is 11.3. The smallest absolute Gasteiger partial charge is 0.306 e. The summed E-state index contributed by atoms with van der Waals surface area (Å²) in [4.78, 5) is 11.3. The molecule has 2 nitrogen and oxygen atoms in total. The first-order valence-corrected chi connectivity index (χ1v) is 7.66. The van der Waals surface area contributed by atoms with Crippen LogP contribution in [0, 0.1) is 6.92 Å². The number of ether oxygens (including phenoxy) is 1. The third-order valence-corrected chi connectivity index (χ3v) is 3.63. The number of esters is 1. The maximum Gasteiger partial charge on any atom is 0.306 e. The Morgan fingerprint density at radius 1 is 1.28 bits per heavy atom. The largest absolute Gasteiger partial charge is 0.466 e. The lowest BCUT2D eigenvalue weighted by molar-refractivity contribution is -0.143. The molecule has 1 aromatic rings. The Morgan fingerprint density at radius 3 is 2.67 bits per heavy atom. The van der Waals surface area contributed by atoms with Gasteiger partial charge in [-0.05, 0) is 18.9 Å². The lowest BCUT2D eigenvalue weighted by Crippen LogP contribution is -2.06. The number of unbranched alkanes of at least 4 members (excludes halogenated alkanes) is 1. The summed E-state index contributed by atoms with van der Waals surface area (Å²) in [5.41, 5.74) is 2.59. The quantitative estimate of drug-likeness (QED) is 0.526. The van der Waals surface area contributed by atoms with E-state index in [1.165, 1.54) is 11.1 Å². The third-order valence-electron chi connectivity index (χ3n) is 2.60. The van der Waals surface area contributed by atoms with E-state index in [2.05, 4.69) is 38.1 Å². The molecule has 0 saturated carbocycles. The van der Waals surface area contributed by atoms with Gasteiger partial charge in [-0.2, -0.15) is 11.8 Å². The lowest BCUT2D eigenvalue weighted by Gasteiger charge is -2.04. The Kier molecular flexibility index (Phi) is 7.58. The number of aryl methyl sites for hydroxylation is 1. The van der Waals surface area contributed by atoms with Crippen LogP contribution < -0.4 is 0 Å². The molecule has 1 aromatic carbocycles. The molecule has 0 amide bonds. The number of thioether (sulfide) groups is 1. The molecule has 0 saturated heterocycles. The van der Waals surface area contributed by atoms with Gasteiger partial charge in [0, 0.05) is 11.5 Å². The van der Waals surface area contributed by atoms with Crippen molar-refractivity contribution in [1.29, 1.82) is 0 Å². The molecule has 0 aromatic heterocycles. The van der Waals surface area contributed by atoms with Gasteiger partial charge in [0.25, 0.3) is 0 Å². The number of hydrogen-bond donors (Lipinski definition) is 0. The fraction of sp³-hybridized carbons (Fsp3) is 0.533. The lowest BCUT2D eigenvalue weighted by atomic mass is 10.2. The zero-order valence-electron chi connectivity index (χ0n) is 11.3. The molecular formula is C15H22O2S. The molecule has 0 heterocycles. The van der Waals surface area contributed by atoms with Crippen LogP contribution in [0.1, 0.15) is 37.3 Å². The minimum absolute atomic E-state index is 0.0696. The molecule has 0 aliphatic heterocycles. The molecule has 0 atom stereocenters. The van der Waals surface area contributed by atoms with E-state index >= 15 is 0 Å². The Hall–Kier alpha value is -0.960. The standard InChI is InChI=1S/C15H22O2S/c1-3-4-10-17-15(16)9-11-18-12-14-7-5-13(2)6-8-14/h5-8H,3-4,9-12H2,1-2H3. The van der Waals surface area contributed by atoms with E-state index in [9.17, 15) is 4.79 Å². The van der Waals surface area contributed by atoms with Crippen molar-refractivity contribution in [3.8, 4) is 0 Å². The van der Waals surface area contributed by atoms with Gasteiger partial charge in [-0.1, -0.05) is 43.2 Å². The van der Waals surface area contributed by atoms with Gasteiger partial charge in [0.1, 0.15) is 0 Å². The zero-order chi connectivity index (χ0) is 13.2. The van der Waals surface area contributed by atoms with Crippen LogP contribution in [0.4, 0.5) is 0 Å². The molecule has 0 N–H and O–H groups in total. The van der Waals surface area contributed by atoms with Crippen LogP contribution in [0.2, 0.25) is 0 Å². The number of hydrogen-bond acceptors (Lipinski definition) is 3. The van der Waals surface area contributed by atoms with E-state index in [-0.39, 0.29) is 5.97 Å². The molecule has 100 valence electrons. The predicted octanol–water partition coefficient (Wildman–Crippen LogP) is 3.96. The minimum Gasteiger partial charge on any atom is -0.466 e. The average molecular weight is 266 g/mol. The van der Waals surface area contributed by atoms with Crippen LogP contribution in [-0.4, -0.2) is 18.3 Å². The molecule has 0 fully saturated rings. The predicted molar refractivity (Wildman–Crippen MR) is 77.8 cm³/mol. The van der Waals surface area contributed by atoms with Crippen molar-refractivity contribution in [2.45, 2.75) is 38.9 Å². The fourth-order valence-electron chi connectivity index (χ4n) is 1.43. The fourth-order valence-corrected chi connectivity index (χ4v) is 2.32. The number of carbonyl (C=O) groups excluding carboxylic acids is 1. The second kappa shape index (κ2) is 9.03. The second-order valence-electron chi connectivity index (χ2n) is 4.36. The molecule has 0 radical (unpaired) electrons. The molecule has 0 aliphatic carbocycles. The van der Waals surface area contributed by atoms with E-state index in [1.54, 1.807) is 11.8 Å². The molecule has 0 aliphatic rings. The maximum absolute atomic E-state index is 11.3. The summed E-state index contributed by atoms with van der Waals surface area (Å²) in [6.07, 6.45) is 2.54. The van der Waals surface area contributed by atoms with Crippen LogP contribution >= 0.6 is 11.8 Å². The summed E-state index contributed by atoms with van der Waals surface area (Å²) in [7, 11) is 0. The van der Waals surface area contributed by atoms with Crippen molar-refractivity contribution < 1.29 is 9.53 Å². The van der Waals surface area contributed by atoms with Gasteiger partial charge in [0.15, 0.2) is 0 Å². The highest BCUT2D eigenvalue weighted by Gasteiger charge is 2.02. The van der Waals surface area contributed by atoms with Crippen LogP contribution in [0.3, 0.4) is 0 Å². The first-order chi connectivity index (χ1) is 8.72. The summed E-state index contributed by atoms with van der Waals surface area (Å²) in [6, 6.07) is 8.52. The SMILES string of the molecule is CCCCOC(=O)CCSCc1ccc(C)cc1. The van der Waals surface area contributed by atoms with Crippen molar-refractivity contribution in [3.63, 3.8) is 0 Å². The van der Waals surface area contributed by atoms with Gasteiger partial charge in [-0.15, -0.1) is 0 Å². The number of benzene rings is 1. The van der Waals surface area contributed by atoms with Crippen molar-refractivity contribution in [1.82, 2.24) is 0 Å². The highest BCUT2D eigenvalue weighted by molar-refractivity contribution is 7.98. The molecule has 18 heavy (non-hydrogen) atoms. The van der Waals surface area contributed by atoms with Crippen LogP contribution in [0.15, 0.2) is 24.3 Å². The van der Waals surface area contributed by atoms with Crippen LogP contribution in [-0.2, 0) is 15.3 Å². The van der Waals surface area contributed by atoms with Crippen molar-refractivity contribution in [3.05, 3.63) is 35.4 Å². The minimum atomic E-state index is -0.0696. The summed E-state index contributed by atoms with van der Waals surface area (Å²) in [5.74, 6) is 1.72. The molecule has 3 heteroatoms. The van der Waals surface area contributed by atoms with Crippen LogP contribution in [0.25, 0.3) is 0 Å². The highest BCUT2D eigenvalue weighted by Crippen LogP contribution is 2.14. The number of carbonyl (C=O) groups is 1. The van der Waals surface area contributed by atoms with Gasteiger partial charge in [-0.25, -0.2) is 0 Å². The van der Waals surface area contributed by atoms with Gasteiger partial charge >= 0.3 is 5.97 Å². The van der Waals surface area contributed by atoms with E-state index < -0.39 is 0 Å². The topological polar surface area (TPSA) is 26.3 Å². The molecule has 0 unspecified atom stereocenters. The Labute approximate surface area is 114 Å². The Bertz CT molecular complexity index is 346. The van der Waals surface area contributed by atoms with Crippen molar-refractivity contribution >= 4 is 17.7 Å². The van der Waals surface area contributed by atoms with E-state index in [4.69, 9.17) is 4.74 Å². The van der Waals surface area contributed by atoms with Gasteiger partial charge in [-0.3, -0.25) is 4.79 Å². The van der Waals surface area contributed by atoms with E-state index in [1.807, 2.05) is 0 Å². The zero-order valence-corrected chi connectivity index (χ0v) is 12.1. The molecular weight excluding hydrogens is 244 g/mol. The highest BCUT2D eigenvalue weighted by atomic mass is 32.2. The second-order valence-corrected chi connectivity index (χ2v) is 5.47. The van der Waals surface area contributed by atoms with Gasteiger partial charge in [0.05, 0.1) is 13.0 Å². The molecule has 0 bridgehead atoms. The van der Waals surface area contributed by atoms with Crippen molar-refractivity contribution in [2.75, 3.05) is 12.4 Å². The monoisotopic (exact) mass is 266 g/mol. The summed E-state index contributed by atoms with van der Waals surface area (Å²) >= 11 is 1.78.